The molecule has 0 aliphatic carbocycles. The molecule has 9 heteroatoms. The van der Waals surface area contributed by atoms with Crippen molar-refractivity contribution in [2.45, 2.75) is 4.90 Å². The van der Waals surface area contributed by atoms with Gasteiger partial charge in [0.25, 0.3) is 10.0 Å². The fourth-order valence-corrected chi connectivity index (χ4v) is 2.62. The van der Waals surface area contributed by atoms with E-state index < -0.39 is 10.0 Å². The van der Waals surface area contributed by atoms with E-state index in [4.69, 9.17) is 5.73 Å². The third-order valence-electron chi connectivity index (χ3n) is 2.59. The number of anilines is 2. The van der Waals surface area contributed by atoms with Gasteiger partial charge in [-0.2, -0.15) is 4.52 Å². The van der Waals surface area contributed by atoms with E-state index in [0.29, 0.717) is 11.3 Å². The van der Waals surface area contributed by atoms with E-state index in [1.54, 1.807) is 6.07 Å². The van der Waals surface area contributed by atoms with E-state index in [2.05, 4.69) is 20.0 Å². The Morgan fingerprint density at radius 1 is 1.10 bits per heavy atom. The molecule has 0 aliphatic rings. The lowest BCUT2D eigenvalue weighted by molar-refractivity contribution is 0.601. The summed E-state index contributed by atoms with van der Waals surface area (Å²) >= 11 is 0. The number of nitrogen functional groups attached to an aromatic ring is 1. The lowest BCUT2D eigenvalue weighted by Crippen LogP contribution is -2.14. The zero-order valence-electron chi connectivity index (χ0n) is 10.1. The maximum Gasteiger partial charge on any atom is 0.263 e. The molecule has 0 atom stereocenters. The van der Waals surface area contributed by atoms with Gasteiger partial charge in [0.2, 0.25) is 0 Å². The highest BCUT2D eigenvalue weighted by Gasteiger charge is 2.15. The van der Waals surface area contributed by atoms with Crippen molar-refractivity contribution in [3.63, 3.8) is 0 Å². The Labute approximate surface area is 114 Å². The molecule has 0 amide bonds. The van der Waals surface area contributed by atoms with Crippen LogP contribution in [0.25, 0.3) is 5.65 Å². The summed E-state index contributed by atoms with van der Waals surface area (Å²) in [5, 5.41) is 11.5. The Morgan fingerprint density at radius 2 is 1.85 bits per heavy atom. The number of sulfonamides is 1. The molecule has 102 valence electrons. The molecule has 0 unspecified atom stereocenters. The van der Waals surface area contributed by atoms with E-state index in [1.807, 2.05) is 0 Å². The molecule has 0 saturated carbocycles. The summed E-state index contributed by atoms with van der Waals surface area (Å²) in [5.41, 5.74) is 6.55. The predicted molar refractivity (Wildman–Crippen MR) is 72.4 cm³/mol. The maximum atomic E-state index is 12.2. The molecule has 0 aliphatic heterocycles. The fraction of sp³-hybridized carbons (Fsp3) is 0. The van der Waals surface area contributed by atoms with Crippen molar-refractivity contribution in [2.75, 3.05) is 10.5 Å². The molecule has 20 heavy (non-hydrogen) atoms. The predicted octanol–water partition coefficient (Wildman–Crippen LogP) is 0.507. The van der Waals surface area contributed by atoms with Gasteiger partial charge in [-0.15, -0.1) is 15.3 Å². The third kappa shape index (κ3) is 2.26. The first kappa shape index (κ1) is 12.4. The lowest BCUT2D eigenvalue weighted by Gasteiger charge is -2.07. The monoisotopic (exact) mass is 290 g/mol. The van der Waals surface area contributed by atoms with E-state index in [-0.39, 0.29) is 10.7 Å². The molecule has 2 aromatic heterocycles. The summed E-state index contributed by atoms with van der Waals surface area (Å²) in [6, 6.07) is 9.01. The zero-order valence-corrected chi connectivity index (χ0v) is 10.9. The van der Waals surface area contributed by atoms with Gasteiger partial charge < -0.3 is 5.73 Å². The van der Waals surface area contributed by atoms with Crippen LogP contribution in [0.1, 0.15) is 0 Å². The number of hydrogen-bond acceptors (Lipinski definition) is 6. The van der Waals surface area contributed by atoms with Crippen molar-refractivity contribution in [3.05, 3.63) is 42.7 Å². The molecule has 3 aromatic rings. The molecule has 3 rings (SSSR count). The summed E-state index contributed by atoms with van der Waals surface area (Å²) in [6.45, 7) is 0. The van der Waals surface area contributed by atoms with Crippen LogP contribution in [0.4, 0.5) is 11.5 Å². The van der Waals surface area contributed by atoms with Crippen LogP contribution in [-0.2, 0) is 10.0 Å². The van der Waals surface area contributed by atoms with E-state index >= 15 is 0 Å². The van der Waals surface area contributed by atoms with Crippen molar-refractivity contribution in [1.29, 1.82) is 0 Å². The standard InChI is InChI=1S/C11H10N6O2S/c12-8-1-3-9(4-2-8)20(18,19)16-10-5-6-11-14-13-7-17(11)15-10/h1-7H,12H2,(H,15,16). The molecule has 8 nitrogen and oxygen atoms in total. The van der Waals surface area contributed by atoms with Gasteiger partial charge in [-0.1, -0.05) is 0 Å². The number of fused-ring (bicyclic) bond motifs is 1. The van der Waals surface area contributed by atoms with Crippen molar-refractivity contribution in [2.24, 2.45) is 0 Å². The highest BCUT2D eigenvalue weighted by molar-refractivity contribution is 7.92. The van der Waals surface area contributed by atoms with Gasteiger partial charge in [0.05, 0.1) is 4.90 Å². The van der Waals surface area contributed by atoms with E-state index in [0.717, 1.165) is 0 Å². The van der Waals surface area contributed by atoms with Gasteiger partial charge in [-0.25, -0.2) is 8.42 Å². The highest BCUT2D eigenvalue weighted by Crippen LogP contribution is 2.15. The molecular weight excluding hydrogens is 280 g/mol. The number of aromatic nitrogens is 4. The first-order valence-corrected chi connectivity index (χ1v) is 7.08. The van der Waals surface area contributed by atoms with Crippen LogP contribution in [0, 0.1) is 0 Å². The van der Waals surface area contributed by atoms with E-state index in [1.165, 1.54) is 41.2 Å². The Bertz CT molecular complexity index is 856. The largest absolute Gasteiger partial charge is 0.399 e. The van der Waals surface area contributed by atoms with Crippen molar-refractivity contribution in [1.82, 2.24) is 19.8 Å². The minimum absolute atomic E-state index is 0.109. The molecule has 0 saturated heterocycles. The second kappa shape index (κ2) is 4.46. The van der Waals surface area contributed by atoms with Gasteiger partial charge in [-0.05, 0) is 36.4 Å². The number of hydrogen-bond donors (Lipinski definition) is 2. The summed E-state index contributed by atoms with van der Waals surface area (Å²) in [7, 11) is -3.70. The molecule has 0 spiro atoms. The Hall–Kier alpha value is -2.68. The van der Waals surface area contributed by atoms with Crippen LogP contribution in [0.3, 0.4) is 0 Å². The average Bonchev–Trinajstić information content (AvgIpc) is 2.86. The number of nitrogens with one attached hydrogen (secondary N) is 1. The Morgan fingerprint density at radius 3 is 2.60 bits per heavy atom. The first-order valence-electron chi connectivity index (χ1n) is 5.60. The summed E-state index contributed by atoms with van der Waals surface area (Å²) in [5.74, 6) is 0.175. The van der Waals surface area contributed by atoms with Gasteiger partial charge in [0, 0.05) is 5.69 Å². The quantitative estimate of drug-likeness (QED) is 0.679. The van der Waals surface area contributed by atoms with Crippen molar-refractivity contribution >= 4 is 27.2 Å². The molecule has 0 bridgehead atoms. The molecule has 0 fully saturated rings. The number of nitrogens with zero attached hydrogens (tertiary/aromatic N) is 4. The van der Waals surface area contributed by atoms with Crippen LogP contribution in [-0.4, -0.2) is 28.2 Å². The lowest BCUT2D eigenvalue weighted by atomic mass is 10.3. The smallest absolute Gasteiger partial charge is 0.263 e. The minimum atomic E-state index is -3.70. The second-order valence-electron chi connectivity index (χ2n) is 4.03. The summed E-state index contributed by atoms with van der Waals surface area (Å²) in [6.07, 6.45) is 1.39. The normalized spacial score (nSPS) is 11.6. The number of rotatable bonds is 3. The zero-order chi connectivity index (χ0) is 14.2. The van der Waals surface area contributed by atoms with Crippen LogP contribution in [0.5, 0.6) is 0 Å². The number of nitrogens with two attached hydrogens (primary N) is 1. The number of benzene rings is 1. The topological polar surface area (TPSA) is 115 Å². The minimum Gasteiger partial charge on any atom is -0.399 e. The Kier molecular flexibility index (Phi) is 2.75. The Balaban J connectivity index is 1.94. The summed E-state index contributed by atoms with van der Waals surface area (Å²) in [4.78, 5) is 0.109. The molecule has 0 radical (unpaired) electrons. The van der Waals surface area contributed by atoms with Crippen LogP contribution in [0.2, 0.25) is 0 Å². The summed E-state index contributed by atoms with van der Waals surface area (Å²) < 4.78 is 28.1. The maximum absolute atomic E-state index is 12.2. The average molecular weight is 290 g/mol. The highest BCUT2D eigenvalue weighted by atomic mass is 32.2. The van der Waals surface area contributed by atoms with Gasteiger partial charge in [-0.3, -0.25) is 4.72 Å². The van der Waals surface area contributed by atoms with Crippen LogP contribution >= 0.6 is 0 Å². The molecule has 3 N–H and O–H groups in total. The second-order valence-corrected chi connectivity index (χ2v) is 5.71. The SMILES string of the molecule is Nc1ccc(S(=O)(=O)Nc2ccc3nncn3n2)cc1. The molecule has 1 aromatic carbocycles. The molecule has 2 heterocycles. The van der Waals surface area contributed by atoms with Crippen molar-refractivity contribution < 1.29 is 8.42 Å². The van der Waals surface area contributed by atoms with Crippen LogP contribution in [0.15, 0.2) is 47.6 Å². The first-order chi connectivity index (χ1) is 9.54. The van der Waals surface area contributed by atoms with Crippen molar-refractivity contribution in [3.8, 4) is 0 Å². The fourth-order valence-electron chi connectivity index (χ4n) is 1.63. The van der Waals surface area contributed by atoms with Crippen LogP contribution < -0.4 is 10.5 Å². The van der Waals surface area contributed by atoms with Gasteiger partial charge >= 0.3 is 0 Å². The molecular formula is C11H10N6O2S. The third-order valence-corrected chi connectivity index (χ3v) is 3.96. The van der Waals surface area contributed by atoms with Gasteiger partial charge in [0.1, 0.15) is 6.33 Å². The van der Waals surface area contributed by atoms with Gasteiger partial charge in [0.15, 0.2) is 11.5 Å². The van der Waals surface area contributed by atoms with E-state index in [9.17, 15) is 8.42 Å².